The zero-order chi connectivity index (χ0) is 25.8. The van der Waals surface area contributed by atoms with E-state index in [1.807, 2.05) is 60.7 Å². The summed E-state index contributed by atoms with van der Waals surface area (Å²) < 4.78 is 16.7. The molecule has 5 rings (SSSR count). The van der Waals surface area contributed by atoms with Crippen LogP contribution in [0.25, 0.3) is 0 Å². The zero-order valence-corrected chi connectivity index (χ0v) is 21.7. The normalized spacial score (nSPS) is 12.2. The van der Waals surface area contributed by atoms with Crippen molar-refractivity contribution in [3.05, 3.63) is 111 Å². The summed E-state index contributed by atoms with van der Waals surface area (Å²) in [5.41, 5.74) is 3.25. The molecular formula is C28H25Cl2N3O4. The Balaban J connectivity index is 1.32. The highest BCUT2D eigenvalue weighted by molar-refractivity contribution is 6.35. The summed E-state index contributed by atoms with van der Waals surface area (Å²) in [6.07, 6.45) is 1.41. The Kier molecular flexibility index (Phi) is 7.65. The summed E-state index contributed by atoms with van der Waals surface area (Å²) in [6.45, 7) is 2.14. The molecule has 37 heavy (non-hydrogen) atoms. The van der Waals surface area contributed by atoms with Gasteiger partial charge in [-0.05, 0) is 41.0 Å². The zero-order valence-electron chi connectivity index (χ0n) is 20.2. The van der Waals surface area contributed by atoms with E-state index in [0.717, 1.165) is 22.4 Å². The highest BCUT2D eigenvalue weighted by Gasteiger charge is 2.20. The molecule has 0 unspecified atom stereocenters. The van der Waals surface area contributed by atoms with Crippen LogP contribution in [0.5, 0.6) is 11.5 Å². The molecule has 1 amide bonds. The standard InChI is InChI=1S/C28H25Cl2N3O4/c1-32(13-19-5-3-2-4-6-19)28(34)24-17-35-27(31-24)16-33(15-21-8-9-22(29)12-23(21)30)14-20-7-10-25-26(11-20)37-18-36-25/h2-12,17H,13-16,18H2,1H3. The molecule has 0 radical (unpaired) electrons. The fraction of sp³-hybridized carbons (Fsp3) is 0.214. The number of hydrogen-bond acceptors (Lipinski definition) is 6. The molecule has 9 heteroatoms. The van der Waals surface area contributed by atoms with Crippen LogP contribution in [0.1, 0.15) is 33.1 Å². The predicted molar refractivity (Wildman–Crippen MR) is 141 cm³/mol. The van der Waals surface area contributed by atoms with E-state index in [1.54, 1.807) is 18.0 Å². The van der Waals surface area contributed by atoms with Crippen LogP contribution in [-0.2, 0) is 26.2 Å². The van der Waals surface area contributed by atoms with Crippen LogP contribution in [0.3, 0.4) is 0 Å². The molecule has 0 saturated carbocycles. The number of carbonyl (C=O) groups is 1. The minimum atomic E-state index is -0.207. The maximum atomic E-state index is 12.9. The maximum Gasteiger partial charge on any atom is 0.275 e. The molecule has 190 valence electrons. The third-order valence-corrected chi connectivity index (χ3v) is 6.58. The number of carbonyl (C=O) groups excluding carboxylic acids is 1. The fourth-order valence-corrected chi connectivity index (χ4v) is 4.62. The topological polar surface area (TPSA) is 68.0 Å². The summed E-state index contributed by atoms with van der Waals surface area (Å²) in [5.74, 6) is 1.67. The highest BCUT2D eigenvalue weighted by atomic mass is 35.5. The van der Waals surface area contributed by atoms with E-state index in [-0.39, 0.29) is 18.4 Å². The highest BCUT2D eigenvalue weighted by Crippen LogP contribution is 2.33. The molecule has 7 nitrogen and oxygen atoms in total. The van der Waals surface area contributed by atoms with Crippen molar-refractivity contribution in [3.8, 4) is 11.5 Å². The number of nitrogens with zero attached hydrogens (tertiary/aromatic N) is 3. The molecule has 1 aliphatic rings. The van der Waals surface area contributed by atoms with Gasteiger partial charge in [0, 0.05) is 36.7 Å². The van der Waals surface area contributed by atoms with Crippen molar-refractivity contribution in [1.29, 1.82) is 0 Å². The molecule has 0 spiro atoms. The van der Waals surface area contributed by atoms with E-state index in [9.17, 15) is 4.79 Å². The number of oxazole rings is 1. The van der Waals surface area contributed by atoms with Gasteiger partial charge in [-0.1, -0.05) is 65.7 Å². The first-order chi connectivity index (χ1) is 17.9. The molecule has 0 saturated heterocycles. The molecule has 0 N–H and O–H groups in total. The first-order valence-electron chi connectivity index (χ1n) is 11.7. The molecule has 0 bridgehead atoms. The summed E-state index contributed by atoms with van der Waals surface area (Å²) in [6, 6.07) is 21.1. The van der Waals surface area contributed by atoms with E-state index in [2.05, 4.69) is 9.88 Å². The second-order valence-corrected chi connectivity index (χ2v) is 9.69. The van der Waals surface area contributed by atoms with Crippen molar-refractivity contribution >= 4 is 29.1 Å². The van der Waals surface area contributed by atoms with Gasteiger partial charge in [0.1, 0.15) is 6.26 Å². The second kappa shape index (κ2) is 11.3. The van der Waals surface area contributed by atoms with Crippen LogP contribution in [0.2, 0.25) is 10.0 Å². The molecule has 4 aromatic rings. The Morgan fingerprint density at radius 2 is 1.70 bits per heavy atom. The lowest BCUT2D eigenvalue weighted by molar-refractivity contribution is 0.0779. The first-order valence-corrected chi connectivity index (χ1v) is 12.5. The van der Waals surface area contributed by atoms with Crippen molar-refractivity contribution in [1.82, 2.24) is 14.8 Å². The van der Waals surface area contributed by atoms with Crippen molar-refractivity contribution in [2.75, 3.05) is 13.8 Å². The minimum absolute atomic E-state index is 0.207. The smallest absolute Gasteiger partial charge is 0.275 e. The van der Waals surface area contributed by atoms with Crippen molar-refractivity contribution in [2.45, 2.75) is 26.2 Å². The van der Waals surface area contributed by atoms with E-state index >= 15 is 0 Å². The van der Waals surface area contributed by atoms with Gasteiger partial charge in [-0.3, -0.25) is 9.69 Å². The third kappa shape index (κ3) is 6.25. The monoisotopic (exact) mass is 537 g/mol. The lowest BCUT2D eigenvalue weighted by Gasteiger charge is -2.22. The Bertz CT molecular complexity index is 1390. The maximum absolute atomic E-state index is 12.9. The molecular weight excluding hydrogens is 513 g/mol. The van der Waals surface area contributed by atoms with Gasteiger partial charge in [-0.2, -0.15) is 0 Å². The predicted octanol–water partition coefficient (Wildman–Crippen LogP) is 6.18. The van der Waals surface area contributed by atoms with Gasteiger partial charge in [-0.25, -0.2) is 4.98 Å². The number of aromatic nitrogens is 1. The van der Waals surface area contributed by atoms with Gasteiger partial charge >= 0.3 is 0 Å². The Morgan fingerprint density at radius 1 is 0.892 bits per heavy atom. The Morgan fingerprint density at radius 3 is 2.51 bits per heavy atom. The summed E-state index contributed by atoms with van der Waals surface area (Å²) in [5, 5.41) is 1.15. The van der Waals surface area contributed by atoms with Gasteiger partial charge in [0.25, 0.3) is 5.91 Å². The molecule has 1 aromatic heterocycles. The van der Waals surface area contributed by atoms with Crippen molar-refractivity contribution in [2.24, 2.45) is 0 Å². The van der Waals surface area contributed by atoms with Gasteiger partial charge in [0.2, 0.25) is 12.7 Å². The average molecular weight is 538 g/mol. The average Bonchev–Trinajstić information content (AvgIpc) is 3.55. The van der Waals surface area contributed by atoms with Crippen molar-refractivity contribution < 1.29 is 18.7 Å². The number of rotatable bonds is 9. The van der Waals surface area contributed by atoms with Crippen LogP contribution >= 0.6 is 23.2 Å². The van der Waals surface area contributed by atoms with Gasteiger partial charge < -0.3 is 18.8 Å². The van der Waals surface area contributed by atoms with Crippen LogP contribution < -0.4 is 9.47 Å². The molecule has 3 aromatic carbocycles. The first kappa shape index (κ1) is 25.1. The molecule has 0 fully saturated rings. The van der Waals surface area contributed by atoms with Crippen LogP contribution in [0, 0.1) is 0 Å². The van der Waals surface area contributed by atoms with Crippen molar-refractivity contribution in [3.63, 3.8) is 0 Å². The number of ether oxygens (including phenoxy) is 2. The summed E-state index contributed by atoms with van der Waals surface area (Å²) in [7, 11) is 1.75. The van der Waals surface area contributed by atoms with E-state index in [0.29, 0.717) is 47.9 Å². The summed E-state index contributed by atoms with van der Waals surface area (Å²) in [4.78, 5) is 21.2. The Hall–Kier alpha value is -3.52. The fourth-order valence-electron chi connectivity index (χ4n) is 4.15. The van der Waals surface area contributed by atoms with Gasteiger partial charge in [-0.15, -0.1) is 0 Å². The van der Waals surface area contributed by atoms with E-state index < -0.39 is 0 Å². The number of halogens is 2. The molecule has 2 heterocycles. The van der Waals surface area contributed by atoms with Crippen LogP contribution in [0.15, 0.2) is 77.4 Å². The number of fused-ring (bicyclic) bond motifs is 1. The van der Waals surface area contributed by atoms with Gasteiger partial charge in [0.05, 0.1) is 6.54 Å². The van der Waals surface area contributed by atoms with Crippen LogP contribution in [0.4, 0.5) is 0 Å². The molecule has 0 atom stereocenters. The molecule has 0 aliphatic carbocycles. The lowest BCUT2D eigenvalue weighted by Crippen LogP contribution is -2.26. The third-order valence-electron chi connectivity index (χ3n) is 5.99. The SMILES string of the molecule is CN(Cc1ccccc1)C(=O)c1coc(CN(Cc2ccc3c(c2)OCO3)Cc2ccc(Cl)cc2Cl)n1. The lowest BCUT2D eigenvalue weighted by atomic mass is 10.1. The van der Waals surface area contributed by atoms with Crippen LogP contribution in [-0.4, -0.2) is 34.5 Å². The summed E-state index contributed by atoms with van der Waals surface area (Å²) >= 11 is 12.6. The number of hydrogen-bond donors (Lipinski definition) is 0. The van der Waals surface area contributed by atoms with E-state index in [1.165, 1.54) is 6.26 Å². The minimum Gasteiger partial charge on any atom is -0.454 e. The number of amides is 1. The van der Waals surface area contributed by atoms with Gasteiger partial charge in [0.15, 0.2) is 17.2 Å². The molecule has 1 aliphatic heterocycles. The second-order valence-electron chi connectivity index (χ2n) is 8.84. The Labute approximate surface area is 225 Å². The quantitative estimate of drug-likeness (QED) is 0.253. The number of benzene rings is 3. The largest absolute Gasteiger partial charge is 0.454 e. The van der Waals surface area contributed by atoms with E-state index in [4.69, 9.17) is 37.1 Å².